The van der Waals surface area contributed by atoms with E-state index in [-0.39, 0.29) is 91.3 Å². The summed E-state index contributed by atoms with van der Waals surface area (Å²) in [7, 11) is -21.2. The van der Waals surface area contributed by atoms with Gasteiger partial charge in [0.25, 0.3) is 0 Å². The highest BCUT2D eigenvalue weighted by atomic mass is 32.2. The quantitative estimate of drug-likeness (QED) is 0.0119. The molecule has 0 saturated carbocycles. The fourth-order valence-electron chi connectivity index (χ4n) is 12.2. The molecule has 97 heavy (non-hydrogen) atoms. The molecule has 11 N–H and O–H groups in total. The van der Waals surface area contributed by atoms with E-state index in [0.717, 1.165) is 12.1 Å². The van der Waals surface area contributed by atoms with Crippen LogP contribution in [0.1, 0.15) is 96.3 Å². The second kappa shape index (κ2) is 28.9. The van der Waals surface area contributed by atoms with Crippen LogP contribution in [0.15, 0.2) is 133 Å². The summed E-state index contributed by atoms with van der Waals surface area (Å²) in [4.78, 5) is 83.8. The van der Waals surface area contributed by atoms with Gasteiger partial charge >= 0.3 is 5.97 Å². The van der Waals surface area contributed by atoms with Gasteiger partial charge in [-0.2, -0.15) is 4.58 Å². The number of aliphatic carboxylic acids is 1. The third-order valence-corrected chi connectivity index (χ3v) is 20.4. The number of nitrogens with zero attached hydrogens (tertiary/aromatic N) is 3. The van der Waals surface area contributed by atoms with E-state index < -0.39 is 144 Å². The molecule has 0 aliphatic carbocycles. The Labute approximate surface area is 559 Å². The standard InChI is InChI=1S/C63H74N10O20S4/c1-6-72-49-31-41-36(25-39(94(82,83)84)29-51(41)96(88,89)90)27-43(49)62(2,3)53(72)16-10-7-11-17-54-63(4,5)44-28-37-26-40(95(85,86)87)30-52(97(91,92)93)42(37)32-50(44)73(54)23-12-8-9-14-46-58(79)69-45(15-13-22-66-61(64)65)57(78)67-34-55(75)68-48(33-56(76)77)60(81)71-47(59(80)70-46)24-35-18-20-38(74)21-19-35/h7,10-11,16-21,25-32,45-48H,6,8-9,12-15,22-24,33-34H2,1-5H3,(H14-,64,65,66,67,68,69,70,71,74,75,76,77,78,79,80,81,82,83,84,85,86,87,88,89,90,91,92,93)/p-3/t45-,46-,47+,48-/m0/s1. The Morgan fingerprint density at radius 1 is 0.649 bits per heavy atom. The molecule has 0 unspecified atom stereocenters. The Bertz CT molecular complexity index is 4680. The van der Waals surface area contributed by atoms with Crippen LogP contribution in [0.2, 0.25) is 0 Å². The molecule has 30 nitrogen and oxygen atoms in total. The van der Waals surface area contributed by atoms with E-state index in [2.05, 4.69) is 31.6 Å². The number of carboxylic acid groups (broad SMARTS) is 1. The van der Waals surface area contributed by atoms with Crippen LogP contribution in [0, 0.1) is 0 Å². The zero-order chi connectivity index (χ0) is 71.5. The van der Waals surface area contributed by atoms with Gasteiger partial charge in [0.15, 0.2) is 11.7 Å². The number of carbonyl (C=O) groups excluding carboxylic acids is 5. The number of phenols is 1. The van der Waals surface area contributed by atoms with E-state index >= 15 is 0 Å². The van der Waals surface area contributed by atoms with E-state index in [0.29, 0.717) is 58.2 Å². The number of aliphatic imine (C=N–C) groups is 1. The number of nitrogens with two attached hydrogens (primary N) is 2. The van der Waals surface area contributed by atoms with Crippen molar-refractivity contribution in [2.24, 2.45) is 16.5 Å². The number of amides is 5. The third-order valence-electron chi connectivity index (χ3n) is 17.0. The van der Waals surface area contributed by atoms with Crippen molar-refractivity contribution in [2.45, 2.75) is 141 Å². The number of unbranched alkanes of at least 4 members (excludes halogenated alkanes) is 2. The number of carbonyl (C=O) groups is 6. The van der Waals surface area contributed by atoms with Crippen molar-refractivity contribution in [2.75, 3.05) is 31.1 Å². The average molecular weight is 1420 g/mol. The number of rotatable bonds is 22. The Kier molecular flexibility index (Phi) is 21.9. The largest absolute Gasteiger partial charge is 0.744 e. The Balaban J connectivity index is 1.14. The normalized spacial score (nSPS) is 20.1. The highest BCUT2D eigenvalue weighted by Gasteiger charge is 2.45. The van der Waals surface area contributed by atoms with Gasteiger partial charge in [-0.1, -0.05) is 50.6 Å². The summed E-state index contributed by atoms with van der Waals surface area (Å²) in [5, 5.41) is 31.9. The van der Waals surface area contributed by atoms with Gasteiger partial charge in [-0.3, -0.25) is 33.8 Å². The van der Waals surface area contributed by atoms with Crippen molar-refractivity contribution in [3.63, 3.8) is 0 Å². The second-order valence-electron chi connectivity index (χ2n) is 24.5. The Morgan fingerprint density at radius 3 is 1.76 bits per heavy atom. The zero-order valence-corrected chi connectivity index (χ0v) is 56.2. The first-order valence-corrected chi connectivity index (χ1v) is 35.9. The molecule has 520 valence electrons. The first kappa shape index (κ1) is 73.6. The molecule has 0 bridgehead atoms. The van der Waals surface area contributed by atoms with Gasteiger partial charge in [0.05, 0.1) is 38.0 Å². The summed E-state index contributed by atoms with van der Waals surface area (Å²) in [6.45, 7) is 8.93. The van der Waals surface area contributed by atoms with Crippen molar-refractivity contribution < 1.29 is 95.4 Å². The van der Waals surface area contributed by atoms with Gasteiger partial charge in [-0.05, 0) is 129 Å². The smallest absolute Gasteiger partial charge is 0.305 e. The summed E-state index contributed by atoms with van der Waals surface area (Å²) in [6.07, 6.45) is 8.07. The highest BCUT2D eigenvalue weighted by molar-refractivity contribution is 7.87. The van der Waals surface area contributed by atoms with Crippen LogP contribution >= 0.6 is 0 Å². The van der Waals surface area contributed by atoms with Crippen molar-refractivity contribution >= 4 is 121 Å². The van der Waals surface area contributed by atoms with Gasteiger partial charge in [0, 0.05) is 71.2 Å². The fraction of sp³-hybridized carbons (Fsp3) is 0.365. The second-order valence-corrected chi connectivity index (χ2v) is 29.9. The van der Waals surface area contributed by atoms with E-state index in [1.54, 1.807) is 30.4 Å². The van der Waals surface area contributed by atoms with Gasteiger partial charge in [-0.15, -0.1) is 0 Å². The maximum absolute atomic E-state index is 14.5. The first-order chi connectivity index (χ1) is 45.2. The molecule has 0 aromatic heterocycles. The van der Waals surface area contributed by atoms with Crippen LogP contribution in [0.5, 0.6) is 5.75 Å². The minimum absolute atomic E-state index is 0.0152. The Morgan fingerprint density at radius 2 is 1.20 bits per heavy atom. The lowest BCUT2D eigenvalue weighted by molar-refractivity contribution is -0.438. The maximum Gasteiger partial charge on any atom is 0.305 e. The number of fused-ring (bicyclic) bond motifs is 4. The third kappa shape index (κ3) is 17.2. The molecule has 0 radical (unpaired) electrons. The topological polar surface area (TPSA) is 502 Å². The summed E-state index contributed by atoms with van der Waals surface area (Å²) < 4.78 is 151. The van der Waals surface area contributed by atoms with Crippen LogP contribution in [0.4, 0.5) is 11.4 Å². The molecular formula is C63H71N10O20S4-3. The van der Waals surface area contributed by atoms with Gasteiger partial charge < -0.3 is 71.4 Å². The lowest BCUT2D eigenvalue weighted by atomic mass is 9.80. The summed E-state index contributed by atoms with van der Waals surface area (Å²) in [6, 6.07) is 8.38. The molecule has 3 heterocycles. The van der Waals surface area contributed by atoms with Gasteiger partial charge in [0.1, 0.15) is 76.9 Å². The number of benzene rings is 5. The van der Waals surface area contributed by atoms with Crippen LogP contribution in [0.3, 0.4) is 0 Å². The molecule has 4 atom stereocenters. The predicted molar refractivity (Wildman–Crippen MR) is 348 cm³/mol. The van der Waals surface area contributed by atoms with Crippen molar-refractivity contribution in [1.29, 1.82) is 0 Å². The minimum atomic E-state index is -5.43. The van der Waals surface area contributed by atoms with Crippen LogP contribution in [0.25, 0.3) is 21.5 Å². The van der Waals surface area contributed by atoms with E-state index in [4.69, 9.17) is 11.5 Å². The van der Waals surface area contributed by atoms with Crippen LogP contribution in [-0.2, 0) is 86.5 Å². The summed E-state index contributed by atoms with van der Waals surface area (Å²) in [5.41, 5.74) is 12.9. The number of phenolic OH excluding ortho intramolecular Hbond substituents is 1. The number of hydrogen-bond acceptors (Lipinski definition) is 21. The number of nitrogens with one attached hydrogen (secondary N) is 5. The molecule has 5 aromatic rings. The molecule has 3 aliphatic heterocycles. The minimum Gasteiger partial charge on any atom is -0.744 e. The van der Waals surface area contributed by atoms with Gasteiger partial charge in [-0.25, -0.2) is 33.7 Å². The molecule has 34 heteroatoms. The lowest BCUT2D eigenvalue weighted by Gasteiger charge is -2.26. The van der Waals surface area contributed by atoms with E-state index in [9.17, 15) is 90.9 Å². The predicted octanol–water partition coefficient (Wildman–Crippen LogP) is 1.91. The summed E-state index contributed by atoms with van der Waals surface area (Å²) in [5.74, 6) is -6.63. The molecular weight excluding hydrogens is 1350 g/mol. The number of likely N-dealkylation sites (N-methyl/N-ethyl adjacent to an activating group) is 1. The first-order valence-electron chi connectivity index (χ1n) is 30.3. The monoisotopic (exact) mass is 1420 g/mol. The van der Waals surface area contributed by atoms with Crippen molar-refractivity contribution in [3.05, 3.63) is 126 Å². The molecule has 0 spiro atoms. The highest BCUT2D eigenvalue weighted by Crippen LogP contribution is 2.50. The number of aromatic hydroxyl groups is 1. The Hall–Kier alpha value is -9.16. The zero-order valence-electron chi connectivity index (χ0n) is 53.0. The number of hydrogen-bond donors (Lipinski definition) is 9. The van der Waals surface area contributed by atoms with Crippen molar-refractivity contribution in [3.8, 4) is 5.75 Å². The van der Waals surface area contributed by atoms with Crippen LogP contribution in [-0.4, -0.2) is 164 Å². The lowest BCUT2D eigenvalue weighted by Crippen LogP contribution is -2.58. The van der Waals surface area contributed by atoms with Crippen LogP contribution < -0.4 is 43.0 Å². The number of anilines is 1. The van der Waals surface area contributed by atoms with E-state index in [1.165, 1.54) is 48.5 Å². The molecule has 5 aromatic carbocycles. The van der Waals surface area contributed by atoms with E-state index in [1.807, 2.05) is 44.1 Å². The average Bonchev–Trinajstić information content (AvgIpc) is 1.62. The number of guanidine groups is 1. The molecule has 5 amide bonds. The maximum atomic E-state index is 14.5. The number of allylic oxidation sites excluding steroid dienone is 6. The molecule has 1 saturated heterocycles. The molecule has 1 fully saturated rings. The summed E-state index contributed by atoms with van der Waals surface area (Å²) >= 11 is 0. The van der Waals surface area contributed by atoms with Gasteiger partial charge in [0.2, 0.25) is 35.2 Å². The fourth-order valence-corrected chi connectivity index (χ4v) is 14.9. The molecule has 3 aliphatic rings. The molecule has 8 rings (SSSR count). The van der Waals surface area contributed by atoms with Crippen molar-refractivity contribution in [1.82, 2.24) is 26.6 Å². The SMILES string of the molecule is CCN1/C(=C/C=C/C=C/C2=[N+](CCCCC[C@@H]3NC(=O)[C@@H](Cc4ccc(O)cc4)NC(=O)[C@H](CC(=O)O)NC(=O)CNC(=O)[C@H](CCCN=C(N)N)NC3=O)c3cc4c(S(=O)(=O)[O-])cc(S(=O)(=O)[O-])cc4cc3C2(C)C)C(C)(C)c2cc3cc(S(=O)(=O)[O-])cc(S(=O)(=O)[O-])c3cc21. The number of carboxylic acids is 1.